The van der Waals surface area contributed by atoms with E-state index < -0.39 is 29.2 Å². The summed E-state index contributed by atoms with van der Waals surface area (Å²) in [5.41, 5.74) is 3.86. The normalized spacial score (nSPS) is 16.9. The number of nitrogens with zero attached hydrogens (tertiary/aromatic N) is 2. The summed E-state index contributed by atoms with van der Waals surface area (Å²) in [6, 6.07) is 0.978. The first-order chi connectivity index (χ1) is 9.30. The third-order valence-electron chi connectivity index (χ3n) is 1.40. The monoisotopic (exact) mass is 391 g/mol. The molecule has 14 nitrogen and oxygen atoms in total. The molecule has 0 saturated heterocycles. The van der Waals surface area contributed by atoms with Gasteiger partial charge in [0.2, 0.25) is 0 Å². The molecule has 2 unspecified atom stereocenters. The van der Waals surface area contributed by atoms with Crippen LogP contribution in [-0.4, -0.2) is 58.8 Å². The van der Waals surface area contributed by atoms with Crippen LogP contribution >= 0.6 is 23.5 Å². The fourth-order valence-corrected chi connectivity index (χ4v) is 3.84. The zero-order chi connectivity index (χ0) is 16.5. The van der Waals surface area contributed by atoms with Gasteiger partial charge in [-0.2, -0.15) is 13.6 Å². The van der Waals surface area contributed by atoms with Gasteiger partial charge >= 0.3 is 58.7 Å². The van der Waals surface area contributed by atoms with E-state index >= 15 is 0 Å². The Morgan fingerprint density at radius 1 is 1.09 bits per heavy atom. The van der Waals surface area contributed by atoms with Crippen LogP contribution in [0.3, 0.4) is 0 Å². The molecule has 0 aliphatic rings. The van der Waals surface area contributed by atoms with Gasteiger partial charge < -0.3 is 25.0 Å². The quantitative estimate of drug-likeness (QED) is 0.260. The number of hydrogen-bond acceptors (Lipinski definition) is 9. The molecule has 18 heteroatoms. The predicted octanol–water partition coefficient (Wildman–Crippen LogP) is -2.07. The predicted molar refractivity (Wildman–Crippen MR) is 70.5 cm³/mol. The molecule has 0 aliphatic carbocycles. The van der Waals surface area contributed by atoms with Gasteiger partial charge in [0.25, 0.3) is 0 Å². The summed E-state index contributed by atoms with van der Waals surface area (Å²) in [6.07, 6.45) is 0.739. The number of phosphoric acid groups is 3. The SMILES string of the molecule is Nc1ccn(OP(=O)(O)OP(=O)(O)OP(=O)(O)O)c(=O)n1.[NaH]. The van der Waals surface area contributed by atoms with Gasteiger partial charge in [-0.3, -0.25) is 4.89 Å². The minimum absolute atomic E-state index is 0. The van der Waals surface area contributed by atoms with Crippen molar-refractivity contribution in [3.05, 3.63) is 22.7 Å². The van der Waals surface area contributed by atoms with Crippen molar-refractivity contribution in [3.63, 3.8) is 0 Å². The summed E-state index contributed by atoms with van der Waals surface area (Å²) < 4.78 is 43.7. The van der Waals surface area contributed by atoms with E-state index in [-0.39, 0.29) is 40.1 Å². The van der Waals surface area contributed by atoms with Crippen LogP contribution < -0.4 is 16.0 Å². The van der Waals surface area contributed by atoms with Gasteiger partial charge in [0.05, 0.1) is 6.20 Å². The molecule has 0 aliphatic heterocycles. The number of nitrogens with two attached hydrogens (primary N) is 1. The Labute approximate surface area is 143 Å². The molecule has 1 heterocycles. The number of rotatable bonds is 6. The molecule has 0 aromatic carbocycles. The molecule has 0 spiro atoms. The van der Waals surface area contributed by atoms with E-state index in [1.807, 2.05) is 0 Å². The van der Waals surface area contributed by atoms with E-state index in [4.69, 9.17) is 25.3 Å². The maximum atomic E-state index is 11.3. The van der Waals surface area contributed by atoms with E-state index in [1.54, 1.807) is 0 Å². The number of nitrogen functional groups attached to an aromatic ring is 1. The van der Waals surface area contributed by atoms with Gasteiger partial charge in [-0.15, -0.1) is 4.73 Å². The third kappa shape index (κ3) is 7.97. The summed E-state index contributed by atoms with van der Waals surface area (Å²) in [7, 11) is -16.6. The molecule has 1 aromatic heterocycles. The first-order valence-corrected chi connectivity index (χ1v) is 9.01. The second kappa shape index (κ2) is 7.67. The van der Waals surface area contributed by atoms with E-state index in [0.717, 1.165) is 12.3 Å². The van der Waals surface area contributed by atoms with Crippen LogP contribution in [0, 0.1) is 0 Å². The molecular weight excluding hydrogens is 382 g/mol. The van der Waals surface area contributed by atoms with Crippen LogP contribution in [0.2, 0.25) is 0 Å². The Kier molecular flexibility index (Phi) is 7.64. The molecule has 122 valence electrons. The van der Waals surface area contributed by atoms with E-state index in [2.05, 4.69) is 18.2 Å². The fourth-order valence-electron chi connectivity index (χ4n) is 0.873. The molecule has 22 heavy (non-hydrogen) atoms. The van der Waals surface area contributed by atoms with E-state index in [9.17, 15) is 18.5 Å². The van der Waals surface area contributed by atoms with Crippen LogP contribution in [0.4, 0.5) is 5.82 Å². The van der Waals surface area contributed by atoms with Crippen LogP contribution in [0.25, 0.3) is 0 Å². The summed E-state index contributed by atoms with van der Waals surface area (Å²) in [5.74, 6) is -0.244. The van der Waals surface area contributed by atoms with Crippen LogP contribution in [0.5, 0.6) is 0 Å². The molecule has 6 N–H and O–H groups in total. The molecular formula is C4H9N3NaO11P3. The Hall–Kier alpha value is -0.0700. The average Bonchev–Trinajstić information content (AvgIpc) is 2.16. The van der Waals surface area contributed by atoms with Crippen molar-refractivity contribution in [3.8, 4) is 0 Å². The van der Waals surface area contributed by atoms with Gasteiger partial charge in [0.15, 0.2) is 0 Å². The molecule has 0 radical (unpaired) electrons. The first-order valence-electron chi connectivity index (χ1n) is 4.49. The van der Waals surface area contributed by atoms with Crippen LogP contribution in [0.15, 0.2) is 17.1 Å². The van der Waals surface area contributed by atoms with Crippen molar-refractivity contribution in [2.75, 3.05) is 5.73 Å². The third-order valence-corrected chi connectivity index (χ3v) is 5.11. The standard InChI is InChI=1S/C4H8N3O11P3.Na.H/c5-3-1-2-7(4(8)6-3)16-20(12,13)18-21(14,15)17-19(9,10)11;;/h1-2H,(H,12,13)(H,14,15)(H2,5,6,8)(H2,9,10,11);;. The molecule has 0 bridgehead atoms. The summed E-state index contributed by atoms with van der Waals surface area (Å²) in [6.45, 7) is 0. The van der Waals surface area contributed by atoms with Crippen molar-refractivity contribution < 1.29 is 46.5 Å². The number of hydrogen-bond donors (Lipinski definition) is 5. The summed E-state index contributed by atoms with van der Waals surface area (Å²) >= 11 is 0. The second-order valence-electron chi connectivity index (χ2n) is 3.13. The van der Waals surface area contributed by atoms with E-state index in [0.29, 0.717) is 0 Å². The maximum absolute atomic E-state index is 11.3. The number of aromatic nitrogens is 2. The minimum atomic E-state index is -5.66. The molecule has 0 fully saturated rings. The summed E-state index contributed by atoms with van der Waals surface area (Å²) in [4.78, 5) is 48.9. The van der Waals surface area contributed by atoms with Gasteiger partial charge in [0.1, 0.15) is 5.82 Å². The van der Waals surface area contributed by atoms with Gasteiger partial charge in [-0.1, -0.05) is 0 Å². The second-order valence-corrected chi connectivity index (χ2v) is 7.46. The Balaban J connectivity index is 0.00000441. The zero-order valence-electron chi connectivity index (χ0n) is 9.61. The summed E-state index contributed by atoms with van der Waals surface area (Å²) in [5, 5.41) is 0. The Morgan fingerprint density at radius 2 is 1.64 bits per heavy atom. The van der Waals surface area contributed by atoms with Crippen molar-refractivity contribution in [1.29, 1.82) is 0 Å². The average molecular weight is 391 g/mol. The molecule has 0 amide bonds. The van der Waals surface area contributed by atoms with Gasteiger partial charge in [-0.25, -0.2) is 18.5 Å². The van der Waals surface area contributed by atoms with Crippen molar-refractivity contribution in [1.82, 2.24) is 9.71 Å². The van der Waals surface area contributed by atoms with Crippen LogP contribution in [0.1, 0.15) is 0 Å². The van der Waals surface area contributed by atoms with E-state index in [1.165, 1.54) is 0 Å². The van der Waals surface area contributed by atoms with Gasteiger partial charge in [-0.05, 0) is 0 Å². The Bertz CT molecular complexity index is 728. The Morgan fingerprint density at radius 3 is 2.09 bits per heavy atom. The fraction of sp³-hybridized carbons (Fsp3) is 0. The molecule has 1 aromatic rings. The van der Waals surface area contributed by atoms with Crippen molar-refractivity contribution in [2.24, 2.45) is 0 Å². The topological polar surface area (TPSA) is 221 Å². The zero-order valence-corrected chi connectivity index (χ0v) is 12.3. The first kappa shape index (κ1) is 21.9. The van der Waals surface area contributed by atoms with Crippen LogP contribution in [-0.2, 0) is 22.3 Å². The molecule has 1 rings (SSSR count). The van der Waals surface area contributed by atoms with Crippen molar-refractivity contribution >= 4 is 58.8 Å². The van der Waals surface area contributed by atoms with Crippen molar-refractivity contribution in [2.45, 2.75) is 0 Å². The molecule has 2 atom stereocenters. The molecule has 0 saturated carbocycles. The van der Waals surface area contributed by atoms with Gasteiger partial charge in [0, 0.05) is 6.07 Å². The number of anilines is 1.